The topological polar surface area (TPSA) is 61.9 Å². The number of piperazine rings is 1. The Morgan fingerprint density at radius 3 is 2.27 bits per heavy atom. The van der Waals surface area contributed by atoms with Crippen LogP contribution in [0.2, 0.25) is 5.02 Å². The van der Waals surface area contributed by atoms with Crippen LogP contribution in [0.1, 0.15) is 15.9 Å². The Bertz CT molecular complexity index is 1110. The molecule has 0 saturated carbocycles. The summed E-state index contributed by atoms with van der Waals surface area (Å²) >= 11 is 6.18. The third-order valence-electron chi connectivity index (χ3n) is 5.60. The summed E-state index contributed by atoms with van der Waals surface area (Å²) < 4.78 is 5.63. The fourth-order valence-corrected chi connectivity index (χ4v) is 3.90. The van der Waals surface area contributed by atoms with E-state index >= 15 is 0 Å². The molecule has 1 heterocycles. The average molecular weight is 464 g/mol. The van der Waals surface area contributed by atoms with Crippen molar-refractivity contribution in [2.75, 3.05) is 50.1 Å². The summed E-state index contributed by atoms with van der Waals surface area (Å²) in [4.78, 5) is 29.6. The molecule has 170 valence electrons. The van der Waals surface area contributed by atoms with E-state index in [9.17, 15) is 9.59 Å². The van der Waals surface area contributed by atoms with Gasteiger partial charge in [-0.25, -0.2) is 0 Å². The highest BCUT2D eigenvalue weighted by atomic mass is 35.5. The van der Waals surface area contributed by atoms with Gasteiger partial charge in [0.2, 0.25) is 0 Å². The Labute approximate surface area is 198 Å². The van der Waals surface area contributed by atoms with Crippen LogP contribution in [-0.4, -0.2) is 56.4 Å². The molecule has 0 spiro atoms. The summed E-state index contributed by atoms with van der Waals surface area (Å²) in [5.41, 5.74) is 2.81. The van der Waals surface area contributed by atoms with Crippen molar-refractivity contribution in [2.24, 2.45) is 0 Å². The first-order valence-corrected chi connectivity index (χ1v) is 11.2. The largest absolute Gasteiger partial charge is 0.484 e. The Balaban J connectivity index is 1.36. The first-order valence-electron chi connectivity index (χ1n) is 10.8. The van der Waals surface area contributed by atoms with Crippen molar-refractivity contribution in [1.82, 2.24) is 4.90 Å². The van der Waals surface area contributed by atoms with Gasteiger partial charge in [0.25, 0.3) is 5.91 Å². The molecule has 0 atom stereocenters. The van der Waals surface area contributed by atoms with Crippen molar-refractivity contribution in [3.8, 4) is 5.75 Å². The van der Waals surface area contributed by atoms with Gasteiger partial charge in [-0.2, -0.15) is 0 Å². The molecule has 1 amide bonds. The molecule has 33 heavy (non-hydrogen) atoms. The molecule has 0 aromatic heterocycles. The Morgan fingerprint density at radius 2 is 1.58 bits per heavy atom. The van der Waals surface area contributed by atoms with Gasteiger partial charge in [-0.3, -0.25) is 9.59 Å². The second-order valence-electron chi connectivity index (χ2n) is 8.01. The normalized spacial score (nSPS) is 14.1. The molecule has 0 bridgehead atoms. The first kappa shape index (κ1) is 22.8. The van der Waals surface area contributed by atoms with Crippen molar-refractivity contribution in [3.05, 3.63) is 88.9 Å². The molecule has 3 aromatic carbocycles. The number of ether oxygens (including phenoxy) is 1. The second-order valence-corrected chi connectivity index (χ2v) is 8.44. The number of halogens is 1. The van der Waals surface area contributed by atoms with Crippen LogP contribution < -0.4 is 15.0 Å². The third-order valence-corrected chi connectivity index (χ3v) is 5.83. The van der Waals surface area contributed by atoms with Gasteiger partial charge in [0.15, 0.2) is 12.4 Å². The fraction of sp³-hybridized carbons (Fsp3) is 0.231. The predicted molar refractivity (Wildman–Crippen MR) is 132 cm³/mol. The van der Waals surface area contributed by atoms with Crippen molar-refractivity contribution in [2.45, 2.75) is 0 Å². The second kappa shape index (κ2) is 10.5. The van der Waals surface area contributed by atoms with Crippen LogP contribution in [0.25, 0.3) is 0 Å². The lowest BCUT2D eigenvalue weighted by atomic mass is 10.0. The molecule has 0 aliphatic carbocycles. The van der Waals surface area contributed by atoms with Gasteiger partial charge in [0.05, 0.1) is 11.4 Å². The van der Waals surface area contributed by atoms with Crippen molar-refractivity contribution in [1.29, 1.82) is 0 Å². The molecule has 1 saturated heterocycles. The third kappa shape index (κ3) is 5.92. The Morgan fingerprint density at radius 1 is 0.909 bits per heavy atom. The van der Waals surface area contributed by atoms with E-state index in [1.54, 1.807) is 42.5 Å². The highest BCUT2D eigenvalue weighted by Crippen LogP contribution is 2.30. The van der Waals surface area contributed by atoms with Gasteiger partial charge < -0.3 is 19.9 Å². The van der Waals surface area contributed by atoms with Crippen LogP contribution in [0.4, 0.5) is 11.4 Å². The lowest BCUT2D eigenvalue weighted by Crippen LogP contribution is -2.44. The van der Waals surface area contributed by atoms with Crippen LogP contribution in [0.3, 0.4) is 0 Å². The summed E-state index contributed by atoms with van der Waals surface area (Å²) in [6.07, 6.45) is 0. The molecule has 3 aromatic rings. The van der Waals surface area contributed by atoms with Crippen molar-refractivity contribution in [3.63, 3.8) is 0 Å². The number of hydrogen-bond acceptors (Lipinski definition) is 5. The molecule has 0 unspecified atom stereocenters. The van der Waals surface area contributed by atoms with Crippen LogP contribution in [0.5, 0.6) is 5.75 Å². The van der Waals surface area contributed by atoms with Crippen molar-refractivity contribution >= 4 is 34.7 Å². The highest BCUT2D eigenvalue weighted by Gasteiger charge is 2.18. The lowest BCUT2D eigenvalue weighted by Gasteiger charge is -2.35. The highest BCUT2D eigenvalue weighted by molar-refractivity contribution is 6.31. The number of amides is 1. The van der Waals surface area contributed by atoms with Gasteiger partial charge in [-0.15, -0.1) is 0 Å². The molecule has 1 fully saturated rings. The molecular weight excluding hydrogens is 438 g/mol. The van der Waals surface area contributed by atoms with E-state index in [2.05, 4.69) is 22.2 Å². The van der Waals surface area contributed by atoms with E-state index in [0.29, 0.717) is 27.6 Å². The predicted octanol–water partition coefficient (Wildman–Crippen LogP) is 4.34. The summed E-state index contributed by atoms with van der Waals surface area (Å²) in [7, 11) is 2.10. The number of rotatable bonds is 7. The summed E-state index contributed by atoms with van der Waals surface area (Å²) in [6, 6.07) is 21.4. The molecule has 7 heteroatoms. The fourth-order valence-electron chi connectivity index (χ4n) is 3.73. The van der Waals surface area contributed by atoms with Crippen molar-refractivity contribution < 1.29 is 14.3 Å². The van der Waals surface area contributed by atoms with Gasteiger partial charge in [0, 0.05) is 42.3 Å². The van der Waals surface area contributed by atoms with E-state index in [1.807, 2.05) is 30.3 Å². The number of carbonyl (C=O) groups is 2. The molecule has 1 aliphatic heterocycles. The smallest absolute Gasteiger partial charge is 0.262 e. The SMILES string of the molecule is CN1CCN(c2ccc(Cl)cc2NC(=O)COc2ccc(C(=O)c3ccccc3)cc2)CC1. The number of hydrogen-bond donors (Lipinski definition) is 1. The molecule has 1 N–H and O–H groups in total. The maximum Gasteiger partial charge on any atom is 0.262 e. The Hall–Kier alpha value is -3.35. The van der Waals surface area contributed by atoms with Gasteiger partial charge in [0.1, 0.15) is 5.75 Å². The number of anilines is 2. The molecular formula is C26H26ClN3O3. The van der Waals surface area contributed by atoms with Crippen LogP contribution in [-0.2, 0) is 4.79 Å². The zero-order valence-electron chi connectivity index (χ0n) is 18.5. The summed E-state index contributed by atoms with van der Waals surface area (Å²) in [6.45, 7) is 3.53. The average Bonchev–Trinajstić information content (AvgIpc) is 2.84. The number of nitrogens with one attached hydrogen (secondary N) is 1. The number of benzene rings is 3. The van der Waals surface area contributed by atoms with Gasteiger partial charge in [-0.05, 0) is 49.5 Å². The first-order chi connectivity index (χ1) is 16.0. The van der Waals surface area contributed by atoms with E-state index in [4.69, 9.17) is 16.3 Å². The lowest BCUT2D eigenvalue weighted by molar-refractivity contribution is -0.118. The minimum atomic E-state index is -0.280. The monoisotopic (exact) mass is 463 g/mol. The van der Waals surface area contributed by atoms with E-state index in [1.165, 1.54) is 0 Å². The van der Waals surface area contributed by atoms with E-state index < -0.39 is 0 Å². The molecule has 1 aliphatic rings. The Kier molecular flexibility index (Phi) is 7.27. The number of ketones is 1. The van der Waals surface area contributed by atoms with Gasteiger partial charge in [-0.1, -0.05) is 41.9 Å². The minimum Gasteiger partial charge on any atom is -0.484 e. The van der Waals surface area contributed by atoms with Crippen LogP contribution in [0, 0.1) is 0 Å². The zero-order chi connectivity index (χ0) is 23.2. The van der Waals surface area contributed by atoms with E-state index in [0.717, 1.165) is 31.9 Å². The molecule has 6 nitrogen and oxygen atoms in total. The number of carbonyl (C=O) groups excluding carboxylic acids is 2. The zero-order valence-corrected chi connectivity index (χ0v) is 19.2. The number of nitrogens with zero attached hydrogens (tertiary/aromatic N) is 2. The maximum atomic E-state index is 12.6. The molecule has 4 rings (SSSR count). The summed E-state index contributed by atoms with van der Waals surface area (Å²) in [5, 5.41) is 3.48. The van der Waals surface area contributed by atoms with Crippen LogP contribution >= 0.6 is 11.6 Å². The molecule has 0 radical (unpaired) electrons. The summed E-state index contributed by atoms with van der Waals surface area (Å²) in [5.74, 6) is 0.175. The quantitative estimate of drug-likeness (QED) is 0.528. The standard InChI is InChI=1S/C26H26ClN3O3/c1-29-13-15-30(16-14-29)24-12-9-21(27)17-23(24)28-25(31)18-33-22-10-7-20(8-11-22)26(32)19-5-3-2-4-6-19/h2-12,17H,13-16,18H2,1H3,(H,28,31). The number of likely N-dealkylation sites (N-methyl/N-ethyl adjacent to an activating group) is 1. The maximum absolute atomic E-state index is 12.6. The van der Waals surface area contributed by atoms with Gasteiger partial charge >= 0.3 is 0 Å². The van der Waals surface area contributed by atoms with E-state index in [-0.39, 0.29) is 18.3 Å². The van der Waals surface area contributed by atoms with Crippen LogP contribution in [0.15, 0.2) is 72.8 Å². The minimum absolute atomic E-state index is 0.0581.